The van der Waals surface area contributed by atoms with Crippen molar-refractivity contribution in [2.24, 2.45) is 0 Å². The van der Waals surface area contributed by atoms with Crippen LogP contribution in [0.5, 0.6) is 23.0 Å². The lowest BCUT2D eigenvalue weighted by atomic mass is 9.79. The summed E-state index contributed by atoms with van der Waals surface area (Å²) < 4.78 is 28.6. The fourth-order valence-electron chi connectivity index (χ4n) is 11.7. The van der Waals surface area contributed by atoms with Crippen LogP contribution in [-0.2, 0) is 47.3 Å². The van der Waals surface area contributed by atoms with Crippen LogP contribution in [0.4, 0.5) is 0 Å². The topological polar surface area (TPSA) is 112 Å². The molecule has 84 heavy (non-hydrogen) atoms. The van der Waals surface area contributed by atoms with E-state index in [4.69, 9.17) is 18.9 Å². The molecule has 0 atom stereocenters. The molecular formula is C74H90N2O8. The average Bonchev–Trinajstić information content (AvgIpc) is 4.01. The van der Waals surface area contributed by atoms with Crippen molar-refractivity contribution >= 4 is 23.6 Å². The fourth-order valence-corrected chi connectivity index (χ4v) is 11.7. The Morgan fingerprint density at radius 2 is 0.548 bits per heavy atom. The van der Waals surface area contributed by atoms with Gasteiger partial charge in [0.1, 0.15) is 23.0 Å². The van der Waals surface area contributed by atoms with E-state index in [0.29, 0.717) is 113 Å². The quantitative estimate of drug-likeness (QED) is 0.0617. The number of fused-ring (bicyclic) bond motifs is 10. The zero-order chi connectivity index (χ0) is 60.5. The highest BCUT2D eigenvalue weighted by molar-refractivity contribution is 6.22. The third-order valence-corrected chi connectivity index (χ3v) is 16.7. The Kier molecular flexibility index (Phi) is 18.1. The highest BCUT2D eigenvalue weighted by atomic mass is 16.5. The first kappa shape index (κ1) is 61.4. The van der Waals surface area contributed by atoms with E-state index in [-0.39, 0.29) is 45.3 Å². The van der Waals surface area contributed by atoms with Crippen LogP contribution in [0.15, 0.2) is 97.1 Å². The lowest BCUT2D eigenvalue weighted by molar-refractivity contribution is 0.0634. The number of amides is 4. The van der Waals surface area contributed by atoms with E-state index in [9.17, 15) is 19.2 Å². The third kappa shape index (κ3) is 13.3. The second-order valence-corrected chi connectivity index (χ2v) is 27.6. The van der Waals surface area contributed by atoms with E-state index < -0.39 is 0 Å². The van der Waals surface area contributed by atoms with Gasteiger partial charge in [0.2, 0.25) is 0 Å². The molecule has 1 aliphatic carbocycles. The maximum absolute atomic E-state index is 13.4. The van der Waals surface area contributed by atoms with E-state index in [1.165, 1.54) is 32.1 Å². The summed E-state index contributed by atoms with van der Waals surface area (Å²) in [5, 5.41) is 0. The van der Waals surface area contributed by atoms with Crippen molar-refractivity contribution in [2.45, 2.75) is 183 Å². The molecule has 0 saturated carbocycles. The van der Waals surface area contributed by atoms with Crippen LogP contribution >= 0.6 is 0 Å². The molecule has 2 aliphatic heterocycles. The Balaban J connectivity index is 1.20. The van der Waals surface area contributed by atoms with Crippen molar-refractivity contribution in [3.8, 4) is 23.0 Å². The number of imide groups is 2. The summed E-state index contributed by atoms with van der Waals surface area (Å²) in [6, 6.07) is 32.9. The zero-order valence-corrected chi connectivity index (χ0v) is 52.7. The van der Waals surface area contributed by atoms with Crippen molar-refractivity contribution in [3.05, 3.63) is 186 Å². The third-order valence-electron chi connectivity index (χ3n) is 16.7. The van der Waals surface area contributed by atoms with Gasteiger partial charge in [0, 0.05) is 38.8 Å². The summed E-state index contributed by atoms with van der Waals surface area (Å²) in [5.41, 5.74) is 14.4. The minimum absolute atomic E-state index is 0.214. The molecular weight excluding hydrogens is 1040 g/mol. The summed E-state index contributed by atoms with van der Waals surface area (Å²) in [7, 11) is 0. The summed E-state index contributed by atoms with van der Waals surface area (Å²) >= 11 is 0. The van der Waals surface area contributed by atoms with Gasteiger partial charge in [-0.15, -0.1) is 0 Å². The molecule has 2 heterocycles. The normalized spacial score (nSPS) is 14.5. The molecule has 6 aromatic rings. The second kappa shape index (κ2) is 24.8. The number of benzene rings is 6. The van der Waals surface area contributed by atoms with Crippen LogP contribution in [0.25, 0.3) is 0 Å². The first-order chi connectivity index (χ1) is 39.8. The van der Waals surface area contributed by atoms with E-state index in [2.05, 4.69) is 145 Å². The maximum Gasteiger partial charge on any atom is 0.261 e. The molecule has 0 spiro atoms. The molecule has 0 aromatic heterocycles. The van der Waals surface area contributed by atoms with Gasteiger partial charge in [0.25, 0.3) is 23.6 Å². The van der Waals surface area contributed by atoms with Gasteiger partial charge in [-0.2, -0.15) is 0 Å². The second-order valence-electron chi connectivity index (χ2n) is 27.6. The molecule has 444 valence electrons. The van der Waals surface area contributed by atoms with Crippen molar-refractivity contribution < 1.29 is 38.1 Å². The number of hydrogen-bond acceptors (Lipinski definition) is 8. The van der Waals surface area contributed by atoms with E-state index in [0.717, 1.165) is 80.3 Å². The Hall–Kier alpha value is -7.20. The predicted molar refractivity (Wildman–Crippen MR) is 336 cm³/mol. The number of ether oxygens (including phenoxy) is 4. The number of unbranched alkanes of at least 4 members (excludes halogenated alkanes) is 2. The van der Waals surface area contributed by atoms with Crippen LogP contribution < -0.4 is 18.9 Å². The van der Waals surface area contributed by atoms with Gasteiger partial charge in [-0.25, -0.2) is 0 Å². The van der Waals surface area contributed by atoms with Gasteiger partial charge >= 0.3 is 0 Å². The Labute approximate surface area is 500 Å². The van der Waals surface area contributed by atoms with E-state index >= 15 is 0 Å². The van der Waals surface area contributed by atoms with Gasteiger partial charge in [0.05, 0.1) is 48.7 Å². The summed E-state index contributed by atoms with van der Waals surface area (Å²) in [4.78, 5) is 56.4. The monoisotopic (exact) mass is 1130 g/mol. The smallest absolute Gasteiger partial charge is 0.261 e. The van der Waals surface area contributed by atoms with Crippen molar-refractivity contribution in [2.75, 3.05) is 39.5 Å². The fraction of sp³-hybridized carbons (Fsp3) is 0.459. The standard InChI is InChI=1S/C74H90N2O8/c1-15-31-81-63-47-35-51-43-57(73(9,10)11)45-53(65(51)83-33-23-21-29-75-67(77)59-25-17-18-26-60(59)68(75)78)37-49-41-56(72(6,7)8)42-50(64(49)82-32-16-2)38-54-46-58(74(12,13)14)44-52(36-48(63)40-55(39-47)71(3,4)5)66(54)84-34-24-22-30-76-69(79)61-27-19-20-28-62(61)70(76)80/h17-20,25-28,39-46H,15-16,21-24,29-38H2,1-14H3. The summed E-state index contributed by atoms with van der Waals surface area (Å²) in [5.74, 6) is 2.45. The van der Waals surface area contributed by atoms with Gasteiger partial charge in [-0.1, -0.05) is 170 Å². The Bertz CT molecular complexity index is 3070. The van der Waals surface area contributed by atoms with Gasteiger partial charge in [-0.05, 0) is 151 Å². The average molecular weight is 1140 g/mol. The van der Waals surface area contributed by atoms with Crippen molar-refractivity contribution in [3.63, 3.8) is 0 Å². The number of rotatable bonds is 18. The molecule has 10 heteroatoms. The van der Waals surface area contributed by atoms with E-state index in [1.807, 2.05) is 0 Å². The molecule has 10 nitrogen and oxygen atoms in total. The lowest BCUT2D eigenvalue weighted by Gasteiger charge is -2.29. The van der Waals surface area contributed by atoms with Crippen LogP contribution in [0.2, 0.25) is 0 Å². The molecule has 3 aliphatic rings. The molecule has 0 saturated heterocycles. The largest absolute Gasteiger partial charge is 0.493 e. The van der Waals surface area contributed by atoms with E-state index in [1.54, 1.807) is 48.5 Å². The Morgan fingerprint density at radius 1 is 0.333 bits per heavy atom. The highest BCUT2D eigenvalue weighted by Crippen LogP contribution is 2.45. The number of carbonyl (C=O) groups excluding carboxylic acids is 4. The van der Waals surface area contributed by atoms with Crippen LogP contribution in [-0.4, -0.2) is 72.9 Å². The van der Waals surface area contributed by atoms with Crippen molar-refractivity contribution in [1.82, 2.24) is 9.80 Å². The van der Waals surface area contributed by atoms with Gasteiger partial charge in [0.15, 0.2) is 0 Å². The van der Waals surface area contributed by atoms with Gasteiger partial charge < -0.3 is 18.9 Å². The zero-order valence-electron chi connectivity index (χ0n) is 52.7. The van der Waals surface area contributed by atoms with Crippen LogP contribution in [0.3, 0.4) is 0 Å². The number of hydrogen-bond donors (Lipinski definition) is 0. The first-order valence-corrected chi connectivity index (χ1v) is 30.8. The molecule has 8 bridgehead atoms. The molecule has 0 unspecified atom stereocenters. The summed E-state index contributed by atoms with van der Waals surface area (Å²) in [6.07, 6.45) is 6.23. The number of nitrogens with zero attached hydrogens (tertiary/aromatic N) is 2. The highest BCUT2D eigenvalue weighted by Gasteiger charge is 2.36. The maximum atomic E-state index is 13.4. The predicted octanol–water partition coefficient (Wildman–Crippen LogP) is 16.0. The SMILES string of the molecule is CCCOc1c2cc(C(C)(C)C)cc1Cc1cc(C(C)(C)C)cc(c1OCCCCN1C(=O)c3ccccc3C1=O)Cc1cc(C(C)(C)C)cc(c1OCCC)Cc1cc(C(C)(C)C)cc(c1OCCCCN1C(=O)c3ccccc3C1=O)C2. The summed E-state index contributed by atoms with van der Waals surface area (Å²) in [6.45, 7) is 34.1. The molecule has 4 amide bonds. The lowest BCUT2D eigenvalue weighted by Crippen LogP contribution is -2.30. The molecule has 9 rings (SSSR count). The van der Waals surface area contributed by atoms with Crippen LogP contribution in [0, 0.1) is 0 Å². The van der Waals surface area contributed by atoms with Crippen LogP contribution in [0.1, 0.15) is 244 Å². The minimum atomic E-state index is -0.241. The number of carbonyl (C=O) groups is 4. The molecule has 0 N–H and O–H groups in total. The molecule has 0 fully saturated rings. The molecule has 0 radical (unpaired) electrons. The molecule has 6 aromatic carbocycles. The first-order valence-electron chi connectivity index (χ1n) is 30.8. The Morgan fingerprint density at radius 3 is 0.750 bits per heavy atom. The van der Waals surface area contributed by atoms with Gasteiger partial charge in [-0.3, -0.25) is 29.0 Å². The minimum Gasteiger partial charge on any atom is -0.493 e. The van der Waals surface area contributed by atoms with Crippen molar-refractivity contribution in [1.29, 1.82) is 0 Å².